The standard InChI is InChI=1S/C15H23N3O6S/c1-4-18(11-7-8-25(22,23)9-11)14(20)10(2)24-15(21)12-5-6-13(19)17(3)16-12/h10-11H,4-9H2,1-3H3. The Bertz CT molecular complexity index is 702. The largest absolute Gasteiger partial charge is 0.448 e. The van der Waals surface area contributed by atoms with E-state index in [1.807, 2.05) is 0 Å². The summed E-state index contributed by atoms with van der Waals surface area (Å²) in [6.45, 7) is 3.53. The number of ether oxygens (including phenoxy) is 1. The Morgan fingerprint density at radius 1 is 1.40 bits per heavy atom. The molecule has 0 spiro atoms. The van der Waals surface area contributed by atoms with Crippen LogP contribution < -0.4 is 0 Å². The fourth-order valence-electron chi connectivity index (χ4n) is 2.94. The molecule has 1 fully saturated rings. The van der Waals surface area contributed by atoms with E-state index in [2.05, 4.69) is 5.10 Å². The fourth-order valence-corrected chi connectivity index (χ4v) is 4.68. The first-order valence-electron chi connectivity index (χ1n) is 8.20. The molecule has 0 radical (unpaired) electrons. The maximum atomic E-state index is 12.6. The lowest BCUT2D eigenvalue weighted by Crippen LogP contribution is -2.47. The highest BCUT2D eigenvalue weighted by atomic mass is 32.2. The van der Waals surface area contributed by atoms with Crippen LogP contribution in [0.2, 0.25) is 0 Å². The number of hydrogen-bond acceptors (Lipinski definition) is 7. The van der Waals surface area contributed by atoms with Crippen LogP contribution in [0.15, 0.2) is 5.10 Å². The second kappa shape index (κ2) is 7.51. The number of carbonyl (C=O) groups is 3. The lowest BCUT2D eigenvalue weighted by Gasteiger charge is -2.29. The molecule has 2 atom stereocenters. The topological polar surface area (TPSA) is 113 Å². The predicted octanol–water partition coefficient (Wildman–Crippen LogP) is -0.438. The maximum absolute atomic E-state index is 12.6. The summed E-state index contributed by atoms with van der Waals surface area (Å²) in [4.78, 5) is 37.5. The molecule has 0 bridgehead atoms. The van der Waals surface area contributed by atoms with E-state index < -0.39 is 27.8 Å². The van der Waals surface area contributed by atoms with E-state index in [0.717, 1.165) is 5.01 Å². The number of rotatable bonds is 5. The second-order valence-electron chi connectivity index (χ2n) is 6.19. The summed E-state index contributed by atoms with van der Waals surface area (Å²) in [6, 6.07) is -0.389. The van der Waals surface area contributed by atoms with Gasteiger partial charge >= 0.3 is 5.97 Å². The first-order valence-corrected chi connectivity index (χ1v) is 10.0. The molecular formula is C15H23N3O6S. The third-order valence-electron chi connectivity index (χ3n) is 4.35. The fraction of sp³-hybridized carbons (Fsp3) is 0.733. The molecule has 2 unspecified atom stereocenters. The van der Waals surface area contributed by atoms with Crippen LogP contribution in [0.3, 0.4) is 0 Å². The Morgan fingerprint density at radius 3 is 2.60 bits per heavy atom. The number of sulfone groups is 1. The summed E-state index contributed by atoms with van der Waals surface area (Å²) in [5, 5.41) is 4.94. The zero-order valence-electron chi connectivity index (χ0n) is 14.6. The SMILES string of the molecule is CCN(C(=O)C(C)OC(=O)C1=NN(C)C(=O)CC1)C1CCS(=O)(=O)C1. The van der Waals surface area contributed by atoms with Gasteiger partial charge in [0.05, 0.1) is 11.5 Å². The number of likely N-dealkylation sites (N-methyl/N-ethyl adjacent to an activating group) is 1. The molecule has 0 N–H and O–H groups in total. The summed E-state index contributed by atoms with van der Waals surface area (Å²) >= 11 is 0. The van der Waals surface area contributed by atoms with Gasteiger partial charge in [-0.25, -0.2) is 18.2 Å². The van der Waals surface area contributed by atoms with E-state index in [1.165, 1.54) is 18.9 Å². The van der Waals surface area contributed by atoms with Crippen molar-refractivity contribution in [3.63, 3.8) is 0 Å². The smallest absolute Gasteiger partial charge is 0.355 e. The van der Waals surface area contributed by atoms with Crippen LogP contribution in [0.5, 0.6) is 0 Å². The van der Waals surface area contributed by atoms with Crippen molar-refractivity contribution in [3.8, 4) is 0 Å². The van der Waals surface area contributed by atoms with Gasteiger partial charge in [-0.3, -0.25) is 9.59 Å². The maximum Gasteiger partial charge on any atom is 0.355 e. The van der Waals surface area contributed by atoms with E-state index in [-0.39, 0.29) is 42.0 Å². The number of amides is 2. The van der Waals surface area contributed by atoms with Crippen molar-refractivity contribution in [1.29, 1.82) is 0 Å². The van der Waals surface area contributed by atoms with Gasteiger partial charge in [-0.15, -0.1) is 0 Å². The number of hydrogen-bond donors (Lipinski definition) is 0. The van der Waals surface area contributed by atoms with Gasteiger partial charge in [0.25, 0.3) is 5.91 Å². The molecule has 1 saturated heterocycles. The van der Waals surface area contributed by atoms with Crippen LogP contribution in [-0.2, 0) is 29.0 Å². The molecular weight excluding hydrogens is 350 g/mol. The third-order valence-corrected chi connectivity index (χ3v) is 6.10. The van der Waals surface area contributed by atoms with Gasteiger partial charge in [-0.05, 0) is 20.3 Å². The lowest BCUT2D eigenvalue weighted by molar-refractivity contribution is -0.155. The first kappa shape index (κ1) is 19.4. The Morgan fingerprint density at radius 2 is 2.08 bits per heavy atom. The van der Waals surface area contributed by atoms with Crippen LogP contribution >= 0.6 is 0 Å². The van der Waals surface area contributed by atoms with Crippen molar-refractivity contribution in [1.82, 2.24) is 9.91 Å². The molecule has 0 aromatic carbocycles. The van der Waals surface area contributed by atoms with Crippen LogP contribution in [0, 0.1) is 0 Å². The van der Waals surface area contributed by atoms with E-state index in [0.29, 0.717) is 13.0 Å². The average molecular weight is 373 g/mol. The van der Waals surface area contributed by atoms with Gasteiger partial charge < -0.3 is 9.64 Å². The summed E-state index contributed by atoms with van der Waals surface area (Å²) < 4.78 is 28.4. The zero-order chi connectivity index (χ0) is 18.8. The minimum absolute atomic E-state index is 0.0623. The molecule has 0 aromatic rings. The highest BCUT2D eigenvalue weighted by Gasteiger charge is 2.36. The Labute approximate surface area is 146 Å². The molecule has 0 saturated carbocycles. The number of nitrogens with zero attached hydrogens (tertiary/aromatic N) is 3. The van der Waals surface area contributed by atoms with Gasteiger partial charge in [0.15, 0.2) is 15.9 Å². The van der Waals surface area contributed by atoms with Crippen LogP contribution in [0.1, 0.15) is 33.1 Å². The first-order chi connectivity index (χ1) is 11.6. The summed E-state index contributed by atoms with van der Waals surface area (Å²) in [5.74, 6) is -1.37. The minimum Gasteiger partial charge on any atom is -0.448 e. The van der Waals surface area contributed by atoms with Crippen molar-refractivity contribution >= 4 is 33.3 Å². The molecule has 0 aliphatic carbocycles. The molecule has 140 valence electrons. The van der Waals surface area contributed by atoms with Gasteiger partial charge in [0.1, 0.15) is 5.71 Å². The highest BCUT2D eigenvalue weighted by molar-refractivity contribution is 7.91. The molecule has 2 amide bonds. The van der Waals surface area contributed by atoms with E-state index >= 15 is 0 Å². The second-order valence-corrected chi connectivity index (χ2v) is 8.42. The average Bonchev–Trinajstić information content (AvgIpc) is 2.90. The zero-order valence-corrected chi connectivity index (χ0v) is 15.4. The predicted molar refractivity (Wildman–Crippen MR) is 89.4 cm³/mol. The Kier molecular flexibility index (Phi) is 5.81. The van der Waals surface area contributed by atoms with Crippen LogP contribution in [0.25, 0.3) is 0 Å². The lowest BCUT2D eigenvalue weighted by atomic mass is 10.1. The van der Waals surface area contributed by atoms with E-state index in [9.17, 15) is 22.8 Å². The van der Waals surface area contributed by atoms with E-state index in [1.54, 1.807) is 6.92 Å². The molecule has 2 heterocycles. The summed E-state index contributed by atoms with van der Waals surface area (Å²) in [5.41, 5.74) is 0.0910. The molecule has 25 heavy (non-hydrogen) atoms. The third kappa shape index (κ3) is 4.56. The number of hydrazone groups is 1. The highest BCUT2D eigenvalue weighted by Crippen LogP contribution is 2.19. The van der Waals surface area contributed by atoms with Gasteiger partial charge in [-0.1, -0.05) is 0 Å². The Hall–Kier alpha value is -1.97. The van der Waals surface area contributed by atoms with Crippen molar-refractivity contribution in [3.05, 3.63) is 0 Å². The van der Waals surface area contributed by atoms with E-state index in [4.69, 9.17) is 4.74 Å². The van der Waals surface area contributed by atoms with Crippen LogP contribution in [0.4, 0.5) is 0 Å². The summed E-state index contributed by atoms with van der Waals surface area (Å²) in [7, 11) is -1.67. The molecule has 0 aromatic heterocycles. The summed E-state index contributed by atoms with van der Waals surface area (Å²) in [6.07, 6.45) is -0.335. The molecule has 9 nitrogen and oxygen atoms in total. The number of carbonyl (C=O) groups excluding carboxylic acids is 3. The molecule has 2 aliphatic rings. The monoisotopic (exact) mass is 373 g/mol. The quantitative estimate of drug-likeness (QED) is 0.604. The van der Waals surface area contributed by atoms with Crippen molar-refractivity contribution in [2.24, 2.45) is 5.10 Å². The molecule has 2 rings (SSSR count). The van der Waals surface area contributed by atoms with Gasteiger partial charge in [0, 0.05) is 32.5 Å². The Balaban J connectivity index is 2.00. The van der Waals surface area contributed by atoms with Crippen molar-refractivity contribution < 1.29 is 27.5 Å². The van der Waals surface area contributed by atoms with Crippen molar-refractivity contribution in [2.45, 2.75) is 45.3 Å². The molecule has 10 heteroatoms. The van der Waals surface area contributed by atoms with Crippen molar-refractivity contribution in [2.75, 3.05) is 25.1 Å². The number of esters is 1. The minimum atomic E-state index is -3.12. The molecule has 2 aliphatic heterocycles. The van der Waals surface area contributed by atoms with Crippen LogP contribution in [-0.4, -0.2) is 79.1 Å². The normalized spacial score (nSPS) is 23.8. The van der Waals surface area contributed by atoms with Gasteiger partial charge in [0.2, 0.25) is 5.91 Å². The van der Waals surface area contributed by atoms with Gasteiger partial charge in [-0.2, -0.15) is 5.10 Å².